The van der Waals surface area contributed by atoms with Crippen molar-refractivity contribution < 1.29 is 46.1 Å². The summed E-state index contributed by atoms with van der Waals surface area (Å²) < 4.78 is 80.2. The molecular formula is C46H51N9O10S2. The topological polar surface area (TPSA) is 258 Å². The number of tetrazole rings is 1. The average Bonchev–Trinajstić information content (AvgIpc) is 3.94. The van der Waals surface area contributed by atoms with E-state index < -0.39 is 59.7 Å². The van der Waals surface area contributed by atoms with Crippen molar-refractivity contribution >= 4 is 42.9 Å². The maximum Gasteiger partial charge on any atom is 0.407 e. The monoisotopic (exact) mass is 953 g/mol. The van der Waals surface area contributed by atoms with E-state index in [0.29, 0.717) is 45.0 Å². The van der Waals surface area contributed by atoms with Crippen molar-refractivity contribution in [3.05, 3.63) is 120 Å². The van der Waals surface area contributed by atoms with Crippen LogP contribution in [0.1, 0.15) is 37.5 Å². The summed E-state index contributed by atoms with van der Waals surface area (Å²) in [6, 6.07) is 28.2. The van der Waals surface area contributed by atoms with Gasteiger partial charge in [-0.05, 0) is 96.8 Å². The molecule has 0 fully saturated rings. The number of aliphatic hydroxyl groups is 1. The molecule has 0 aliphatic heterocycles. The third-order valence-corrected chi connectivity index (χ3v) is 15.2. The van der Waals surface area contributed by atoms with Crippen LogP contribution < -0.4 is 19.9 Å². The quantitative estimate of drug-likeness (QED) is 0.0787. The molecule has 5 aromatic carbocycles. The van der Waals surface area contributed by atoms with E-state index >= 15 is 16.8 Å². The van der Waals surface area contributed by atoms with E-state index in [1.165, 1.54) is 25.1 Å². The molecule has 7 rings (SSSR count). The number of para-hydroxylation sites is 1. The molecule has 7 aromatic rings. The number of nitrogens with one attached hydrogen (secondary N) is 1. The van der Waals surface area contributed by atoms with Crippen LogP contribution in [0.15, 0.2) is 113 Å². The number of carboxylic acid groups (broad SMARTS) is 1. The molecule has 0 spiro atoms. The number of aromatic amines is 1. The van der Waals surface area contributed by atoms with Gasteiger partial charge in [-0.3, -0.25) is 0 Å². The molecule has 0 radical (unpaired) electrons. The molecule has 1 amide bonds. The van der Waals surface area contributed by atoms with Crippen LogP contribution in [0.2, 0.25) is 0 Å². The van der Waals surface area contributed by atoms with E-state index in [2.05, 4.69) is 20.3 Å². The van der Waals surface area contributed by atoms with Crippen molar-refractivity contribution in [3.8, 4) is 39.8 Å². The molecule has 1 atom stereocenters. The minimum Gasteiger partial charge on any atom is -0.497 e. The maximum atomic E-state index is 16.2. The van der Waals surface area contributed by atoms with Gasteiger partial charge in [0, 0.05) is 30.7 Å². The fourth-order valence-corrected chi connectivity index (χ4v) is 11.4. The Hall–Kier alpha value is -7.07. The molecule has 0 saturated heterocycles. The third-order valence-electron chi connectivity index (χ3n) is 11.1. The lowest BCUT2D eigenvalue weighted by Gasteiger charge is -2.35. The summed E-state index contributed by atoms with van der Waals surface area (Å²) in [5.74, 6) is 1.46. The highest BCUT2D eigenvalue weighted by Gasteiger charge is 2.42. The first-order valence-electron chi connectivity index (χ1n) is 20.8. The van der Waals surface area contributed by atoms with Crippen LogP contribution in [0, 0.1) is 0 Å². The predicted octanol–water partition coefficient (Wildman–Crippen LogP) is 5.84. The van der Waals surface area contributed by atoms with Gasteiger partial charge in [-0.1, -0.05) is 54.6 Å². The van der Waals surface area contributed by atoms with Crippen LogP contribution in [0.4, 0.5) is 10.7 Å². The molecule has 0 aliphatic rings. The summed E-state index contributed by atoms with van der Waals surface area (Å²) in [6.07, 6.45) is -1.45. The Bertz CT molecular complexity index is 3050. The molecule has 352 valence electrons. The van der Waals surface area contributed by atoms with Crippen LogP contribution >= 0.6 is 0 Å². The molecule has 0 aliphatic carbocycles. The Morgan fingerprint density at radius 1 is 0.791 bits per heavy atom. The second-order valence-electron chi connectivity index (χ2n) is 16.5. The minimum absolute atomic E-state index is 0.0670. The van der Waals surface area contributed by atoms with Gasteiger partial charge < -0.3 is 40.0 Å². The third kappa shape index (κ3) is 10.2. The number of rotatable bonds is 18. The highest BCUT2D eigenvalue weighted by molar-refractivity contribution is 7.94. The second-order valence-corrected chi connectivity index (χ2v) is 20.6. The zero-order valence-electron chi connectivity index (χ0n) is 37.6. The van der Waals surface area contributed by atoms with Crippen molar-refractivity contribution in [2.75, 3.05) is 40.2 Å². The number of hydrogen-bond donors (Lipinski definition) is 4. The van der Waals surface area contributed by atoms with Gasteiger partial charge >= 0.3 is 6.09 Å². The van der Waals surface area contributed by atoms with Crippen molar-refractivity contribution in [2.24, 2.45) is 0 Å². The van der Waals surface area contributed by atoms with Gasteiger partial charge in [0.15, 0.2) is 15.8 Å². The van der Waals surface area contributed by atoms with Gasteiger partial charge in [0.05, 0.1) is 56.0 Å². The van der Waals surface area contributed by atoms with E-state index in [0.717, 1.165) is 20.8 Å². The minimum atomic E-state index is -5.08. The first-order valence-corrected chi connectivity index (χ1v) is 23.8. The summed E-state index contributed by atoms with van der Waals surface area (Å²) in [5, 5.41) is 32.6. The summed E-state index contributed by atoms with van der Waals surface area (Å²) >= 11 is 0. The van der Waals surface area contributed by atoms with Crippen molar-refractivity contribution in [3.63, 3.8) is 0 Å². The number of nitrogens with zero attached hydrogens (tertiary/aromatic N) is 7. The largest absolute Gasteiger partial charge is 0.497 e. The van der Waals surface area contributed by atoms with E-state index in [1.807, 2.05) is 0 Å². The average molecular weight is 954 g/mol. The predicted molar refractivity (Wildman–Crippen MR) is 250 cm³/mol. The zero-order valence-corrected chi connectivity index (χ0v) is 39.2. The van der Waals surface area contributed by atoms with E-state index in [9.17, 15) is 15.0 Å². The lowest BCUT2D eigenvalue weighted by Crippen LogP contribution is -2.51. The van der Waals surface area contributed by atoms with Gasteiger partial charge in [0.25, 0.3) is 0 Å². The van der Waals surface area contributed by atoms with E-state index in [-0.39, 0.29) is 42.5 Å². The van der Waals surface area contributed by atoms with Crippen molar-refractivity contribution in [1.29, 1.82) is 0 Å². The number of carbonyl (C=O) groups is 1. The van der Waals surface area contributed by atoms with Crippen LogP contribution in [0.25, 0.3) is 33.5 Å². The van der Waals surface area contributed by atoms with E-state index in [4.69, 9.17) is 25.0 Å². The van der Waals surface area contributed by atoms with Gasteiger partial charge in [-0.15, -0.1) is 10.2 Å². The molecule has 0 saturated carbocycles. The fourth-order valence-electron chi connectivity index (χ4n) is 7.56. The molecule has 0 unspecified atom stereocenters. The number of aliphatic hydroxyl groups excluding tert-OH is 1. The lowest BCUT2D eigenvalue weighted by molar-refractivity contribution is 0.0960. The Balaban J connectivity index is 1.55. The Morgan fingerprint density at radius 3 is 1.85 bits per heavy atom. The number of amides is 1. The number of sulfone groups is 1. The number of anilines is 1. The van der Waals surface area contributed by atoms with Crippen LogP contribution in [-0.2, 0) is 39.5 Å². The smallest absolute Gasteiger partial charge is 0.407 e. The first kappa shape index (κ1) is 47.9. The second kappa shape index (κ2) is 19.4. The number of sulfonamides is 1. The lowest BCUT2D eigenvalue weighted by atomic mass is 9.98. The Morgan fingerprint density at radius 2 is 1.34 bits per heavy atom. The SMILES string of the molecule is COc1ccc(CN(Cc2ccc(OC)cc2)S(=O)(=O)c2c(S(=O)(=O)[C@@H](CO)CN(C(=O)O)C(C)(C)C)ccc(-c3cccc4[nH]c(N)nc34)c2-c2nnn(Cc3ccc(OC)cc3)n2)cc1. The zero-order chi connectivity index (χ0) is 48.3. The van der Waals surface area contributed by atoms with Crippen LogP contribution in [0.3, 0.4) is 0 Å². The number of benzene rings is 5. The summed E-state index contributed by atoms with van der Waals surface area (Å²) in [6.45, 7) is 2.47. The van der Waals surface area contributed by atoms with Gasteiger partial charge in [-0.25, -0.2) is 26.6 Å². The van der Waals surface area contributed by atoms with Crippen LogP contribution in [0.5, 0.6) is 17.2 Å². The summed E-state index contributed by atoms with van der Waals surface area (Å²) in [7, 11) is -5.53. The highest BCUT2D eigenvalue weighted by Crippen LogP contribution is 2.44. The van der Waals surface area contributed by atoms with Crippen molar-refractivity contribution in [1.82, 2.24) is 39.4 Å². The number of imidazole rings is 1. The van der Waals surface area contributed by atoms with Gasteiger partial charge in [-0.2, -0.15) is 9.10 Å². The molecule has 19 nitrogen and oxygen atoms in total. The highest BCUT2D eigenvalue weighted by atomic mass is 32.2. The Kier molecular flexibility index (Phi) is 13.9. The van der Waals surface area contributed by atoms with Crippen LogP contribution in [-0.4, -0.2) is 118 Å². The normalized spacial score (nSPS) is 12.6. The van der Waals surface area contributed by atoms with Gasteiger partial charge in [0.2, 0.25) is 15.8 Å². The Labute approximate surface area is 387 Å². The molecular weight excluding hydrogens is 903 g/mol. The fraction of sp³-hybridized carbons (Fsp3) is 0.283. The molecule has 21 heteroatoms. The standard InChI is InChI=1S/C46H51N9O10S2/c1-46(2,3)54(45(57)58)27-35(28-56)66(59,60)39-23-22-36(37-8-7-9-38-41(37)49-44(47)48-38)40(43-50-52-55(51-43)26-31-14-20-34(65-6)21-15-31)42(39)67(61,62)53(24-29-10-16-32(63-4)17-11-29)25-30-12-18-33(64-5)19-13-30/h7-23,35,56H,24-28H2,1-6H3,(H,57,58)(H3,47,48,49)/t35-/m1/s1. The number of aromatic nitrogens is 6. The number of nitrogen functional groups attached to an aromatic ring is 1. The number of H-pyrrole nitrogens is 1. The number of hydrogen-bond acceptors (Lipinski definition) is 14. The number of nitrogens with two attached hydrogens (primary N) is 1. The first-order chi connectivity index (χ1) is 31.9. The number of methoxy groups -OCH3 is 3. The van der Waals surface area contributed by atoms with E-state index in [1.54, 1.807) is 119 Å². The van der Waals surface area contributed by atoms with Crippen molar-refractivity contribution in [2.45, 2.75) is 61.0 Å². The number of ether oxygens (including phenoxy) is 3. The molecule has 2 aromatic heterocycles. The maximum absolute atomic E-state index is 16.2. The molecule has 0 bridgehead atoms. The molecule has 2 heterocycles. The molecule has 67 heavy (non-hydrogen) atoms. The molecule has 5 N–H and O–H groups in total. The number of fused-ring (bicyclic) bond motifs is 1. The summed E-state index contributed by atoms with van der Waals surface area (Å²) in [4.78, 5) is 20.7. The van der Waals surface area contributed by atoms with Gasteiger partial charge in [0.1, 0.15) is 27.4 Å². The summed E-state index contributed by atoms with van der Waals surface area (Å²) in [5.41, 5.74) is 7.87.